The van der Waals surface area contributed by atoms with Gasteiger partial charge in [0.15, 0.2) is 0 Å². The van der Waals surface area contributed by atoms with Crippen LogP contribution in [0.2, 0.25) is 0 Å². The highest BCUT2D eigenvalue weighted by Gasteiger charge is 2.02. The zero-order valence-corrected chi connectivity index (χ0v) is 11.3. The van der Waals surface area contributed by atoms with Crippen molar-refractivity contribution in [1.29, 1.82) is 0 Å². The Morgan fingerprint density at radius 2 is 1.79 bits per heavy atom. The van der Waals surface area contributed by atoms with Gasteiger partial charge >= 0.3 is 18.2 Å². The molecule has 0 saturated carbocycles. The highest BCUT2D eigenvalue weighted by Crippen LogP contribution is 2.10. The standard InChI is InChI=1S/C12H13.BrH.Mg/c1-3-7-11-9-5-6-10-12(11)8-4-2;;/h3-5,9-10H,1-2,7-8H2;1H;/q;;+1/p-1. The van der Waals surface area contributed by atoms with Crippen molar-refractivity contribution in [1.82, 2.24) is 0 Å². The Morgan fingerprint density at radius 3 is 2.36 bits per heavy atom. The summed E-state index contributed by atoms with van der Waals surface area (Å²) < 4.78 is 1.45. The van der Waals surface area contributed by atoms with Gasteiger partial charge in [0.05, 0.1) is 0 Å². The van der Waals surface area contributed by atoms with Crippen molar-refractivity contribution < 1.29 is 0 Å². The van der Waals surface area contributed by atoms with Gasteiger partial charge in [0.25, 0.3) is 0 Å². The van der Waals surface area contributed by atoms with E-state index in [9.17, 15) is 0 Å². The van der Waals surface area contributed by atoms with Gasteiger partial charge in [-0.2, -0.15) is 3.69 Å². The first-order chi connectivity index (χ1) is 6.81. The second-order valence-electron chi connectivity index (χ2n) is 3.22. The molecular formula is C12H13BrMg. The van der Waals surface area contributed by atoms with Crippen molar-refractivity contribution >= 4 is 34.8 Å². The minimum atomic E-state index is -0.225. The van der Waals surface area contributed by atoms with E-state index in [1.807, 2.05) is 12.2 Å². The van der Waals surface area contributed by atoms with E-state index in [4.69, 9.17) is 0 Å². The van der Waals surface area contributed by atoms with E-state index in [0.29, 0.717) is 0 Å². The van der Waals surface area contributed by atoms with Crippen LogP contribution in [0, 0.1) is 0 Å². The van der Waals surface area contributed by atoms with Gasteiger partial charge in [0.1, 0.15) is 0 Å². The molecule has 0 spiro atoms. The number of rotatable bonds is 5. The Kier molecular flexibility index (Phi) is 5.52. The number of benzene rings is 1. The molecule has 0 unspecified atom stereocenters. The molecule has 0 nitrogen and oxygen atoms in total. The molecule has 0 N–H and O–H groups in total. The number of hydrogen-bond acceptors (Lipinski definition) is 0. The predicted octanol–water partition coefficient (Wildman–Crippen LogP) is 2.78. The minimum Gasteiger partial charge on any atom is -0.296 e. The molecule has 0 aliphatic carbocycles. The Balaban J connectivity index is 3.02. The average molecular weight is 261 g/mol. The van der Waals surface area contributed by atoms with Crippen LogP contribution in [0.5, 0.6) is 0 Å². The van der Waals surface area contributed by atoms with Crippen molar-refractivity contribution in [3.05, 3.63) is 54.6 Å². The lowest BCUT2D eigenvalue weighted by molar-refractivity contribution is 1.16. The number of hydrogen-bond donors (Lipinski definition) is 0. The topological polar surface area (TPSA) is 0 Å². The van der Waals surface area contributed by atoms with Crippen molar-refractivity contribution in [3.8, 4) is 0 Å². The molecule has 0 fully saturated rings. The molecule has 14 heavy (non-hydrogen) atoms. The van der Waals surface area contributed by atoms with Crippen LogP contribution >= 0.6 is 12.9 Å². The normalized spacial score (nSPS) is 9.21. The summed E-state index contributed by atoms with van der Waals surface area (Å²) in [6.07, 6.45) is 5.82. The summed E-state index contributed by atoms with van der Waals surface area (Å²) in [6.45, 7) is 7.56. The van der Waals surface area contributed by atoms with Crippen LogP contribution in [0.25, 0.3) is 0 Å². The average Bonchev–Trinajstić information content (AvgIpc) is 2.21. The van der Waals surface area contributed by atoms with Crippen molar-refractivity contribution in [2.45, 2.75) is 12.8 Å². The summed E-state index contributed by atoms with van der Waals surface area (Å²) in [7, 11) is 0. The maximum absolute atomic E-state index is 3.79. The molecule has 1 aromatic carbocycles. The molecule has 0 heterocycles. The van der Waals surface area contributed by atoms with Crippen LogP contribution in [0.3, 0.4) is 0 Å². The minimum absolute atomic E-state index is 0.225. The third kappa shape index (κ3) is 3.26. The molecule has 0 aromatic heterocycles. The third-order valence-electron chi connectivity index (χ3n) is 2.15. The summed E-state index contributed by atoms with van der Waals surface area (Å²) in [5.41, 5.74) is 2.77. The van der Waals surface area contributed by atoms with Gasteiger partial charge in [-0.15, -0.1) is 13.2 Å². The Morgan fingerprint density at radius 1 is 1.14 bits per heavy atom. The molecule has 0 atom stereocenters. The Hall–Kier alpha value is -0.0538. The molecule has 0 saturated heterocycles. The molecule has 1 rings (SSSR count). The zero-order valence-electron chi connectivity index (χ0n) is 8.30. The number of allylic oxidation sites excluding steroid dienone is 2. The van der Waals surface area contributed by atoms with E-state index >= 15 is 0 Å². The van der Waals surface area contributed by atoms with Gasteiger partial charge in [-0.25, -0.2) is 0 Å². The lowest BCUT2D eigenvalue weighted by Crippen LogP contribution is -2.10. The van der Waals surface area contributed by atoms with Gasteiger partial charge in [0.2, 0.25) is 0 Å². The first-order valence-electron chi connectivity index (χ1n) is 4.70. The fourth-order valence-electron chi connectivity index (χ4n) is 1.46. The molecule has 0 amide bonds. The lowest BCUT2D eigenvalue weighted by atomic mass is 10.0. The highest BCUT2D eigenvalue weighted by atomic mass is 79.9. The smallest absolute Gasteiger partial charge is 0.296 e. The molecule has 2 heteroatoms. The lowest BCUT2D eigenvalue weighted by Gasteiger charge is -2.07. The third-order valence-corrected chi connectivity index (χ3v) is 4.84. The molecule has 70 valence electrons. The molecule has 1 aromatic rings. The van der Waals surface area contributed by atoms with E-state index in [2.05, 4.69) is 44.2 Å². The fourth-order valence-corrected chi connectivity index (χ4v) is 3.04. The molecule has 0 bridgehead atoms. The van der Waals surface area contributed by atoms with Crippen molar-refractivity contribution in [2.24, 2.45) is 0 Å². The molecular weight excluding hydrogens is 248 g/mol. The van der Waals surface area contributed by atoms with Crippen LogP contribution in [-0.2, 0) is 12.8 Å². The van der Waals surface area contributed by atoms with Crippen LogP contribution in [-0.4, -0.2) is 18.2 Å². The van der Waals surface area contributed by atoms with Crippen molar-refractivity contribution in [3.63, 3.8) is 0 Å². The van der Waals surface area contributed by atoms with Crippen LogP contribution in [0.15, 0.2) is 43.5 Å². The van der Waals surface area contributed by atoms with Gasteiger partial charge < -0.3 is 0 Å². The SMILES string of the molecule is C=CCc1cc[c]([Mg][Br])cc1CC=C. The van der Waals surface area contributed by atoms with Gasteiger partial charge in [-0.05, 0) is 24.0 Å². The largest absolute Gasteiger partial charge is 0.506 e. The summed E-state index contributed by atoms with van der Waals surface area (Å²) >= 11 is 3.37. The maximum atomic E-state index is 3.79. The second-order valence-corrected chi connectivity index (χ2v) is 5.99. The first-order valence-corrected chi connectivity index (χ1v) is 9.30. The van der Waals surface area contributed by atoms with E-state index in [0.717, 1.165) is 12.8 Å². The van der Waals surface area contributed by atoms with E-state index in [1.165, 1.54) is 14.8 Å². The maximum Gasteiger partial charge on any atom is 0.506 e. The van der Waals surface area contributed by atoms with Crippen LogP contribution < -0.4 is 3.69 Å². The monoisotopic (exact) mass is 260 g/mol. The predicted molar refractivity (Wildman–Crippen MR) is 68.6 cm³/mol. The summed E-state index contributed by atoms with van der Waals surface area (Å²) in [6, 6.07) is 6.72. The second kappa shape index (κ2) is 6.43. The van der Waals surface area contributed by atoms with Crippen molar-refractivity contribution in [2.75, 3.05) is 0 Å². The van der Waals surface area contributed by atoms with Gasteiger partial charge in [0, 0.05) is 0 Å². The molecule has 0 aliphatic heterocycles. The first kappa shape index (κ1) is 12.0. The molecule has 0 aliphatic rings. The Labute approximate surface area is 102 Å². The summed E-state index contributed by atoms with van der Waals surface area (Å²) in [5, 5.41) is 0. The van der Waals surface area contributed by atoms with Gasteiger partial charge in [-0.1, -0.05) is 30.4 Å². The fraction of sp³-hybridized carbons (Fsp3) is 0.167. The highest BCUT2D eigenvalue weighted by molar-refractivity contribution is 9.23. The van der Waals surface area contributed by atoms with Crippen LogP contribution in [0.1, 0.15) is 11.1 Å². The zero-order chi connectivity index (χ0) is 10.4. The van der Waals surface area contributed by atoms with Gasteiger partial charge in [-0.3, -0.25) is 12.9 Å². The summed E-state index contributed by atoms with van der Waals surface area (Å²) in [4.78, 5) is 0. The molecule has 0 radical (unpaired) electrons. The van der Waals surface area contributed by atoms with E-state index in [-0.39, 0.29) is 18.2 Å². The van der Waals surface area contributed by atoms with E-state index < -0.39 is 0 Å². The van der Waals surface area contributed by atoms with Crippen LogP contribution in [0.4, 0.5) is 0 Å². The Bertz CT molecular complexity index is 331. The summed E-state index contributed by atoms with van der Waals surface area (Å²) in [5.74, 6) is 0. The number of halogens is 1. The van der Waals surface area contributed by atoms with E-state index in [1.54, 1.807) is 0 Å². The quantitative estimate of drug-likeness (QED) is 0.565.